The molecule has 0 amide bonds. The van der Waals surface area contributed by atoms with Crippen LogP contribution >= 0.6 is 11.8 Å². The maximum atomic E-state index is 4.48. The molecule has 5 aromatic rings. The molecule has 0 fully saturated rings. The number of hydrogen-bond acceptors (Lipinski definition) is 7. The summed E-state index contributed by atoms with van der Waals surface area (Å²) in [6, 6.07) is 21.9. The van der Waals surface area contributed by atoms with Crippen molar-refractivity contribution in [3.8, 4) is 22.8 Å². The standard InChI is InChI=1S/C22H18N8S/c1-16-8-5-6-12-19(16)29-21(17-9-7-13-23-14-17)25-26-22(29)31-15-20-24-27-28-30(20)18-10-3-2-4-11-18/h2-14H,15H2,1H3. The van der Waals surface area contributed by atoms with Gasteiger partial charge in [0, 0.05) is 18.0 Å². The van der Waals surface area contributed by atoms with Gasteiger partial charge >= 0.3 is 0 Å². The highest BCUT2D eigenvalue weighted by molar-refractivity contribution is 7.98. The summed E-state index contributed by atoms with van der Waals surface area (Å²) >= 11 is 1.54. The van der Waals surface area contributed by atoms with Crippen LogP contribution < -0.4 is 0 Å². The number of aromatic nitrogens is 8. The van der Waals surface area contributed by atoms with Crippen molar-refractivity contribution in [3.63, 3.8) is 0 Å². The highest BCUT2D eigenvalue weighted by Gasteiger charge is 2.19. The highest BCUT2D eigenvalue weighted by atomic mass is 32.2. The van der Waals surface area contributed by atoms with Gasteiger partial charge in [0.25, 0.3) is 0 Å². The van der Waals surface area contributed by atoms with Crippen molar-refractivity contribution in [3.05, 3.63) is 90.5 Å². The summed E-state index contributed by atoms with van der Waals surface area (Å²) in [5.41, 5.74) is 3.97. The van der Waals surface area contributed by atoms with Crippen LogP contribution in [0.4, 0.5) is 0 Å². The maximum absolute atomic E-state index is 4.48. The topological polar surface area (TPSA) is 87.2 Å². The van der Waals surface area contributed by atoms with Crippen LogP contribution in [0, 0.1) is 6.92 Å². The van der Waals surface area contributed by atoms with Crippen molar-refractivity contribution in [1.82, 2.24) is 40.0 Å². The number of tetrazole rings is 1. The molecule has 0 N–H and O–H groups in total. The average Bonchev–Trinajstić information content (AvgIpc) is 3.46. The molecule has 152 valence electrons. The number of thioether (sulfide) groups is 1. The molecule has 0 aliphatic rings. The van der Waals surface area contributed by atoms with Gasteiger partial charge in [-0.05, 0) is 53.2 Å². The van der Waals surface area contributed by atoms with E-state index in [1.54, 1.807) is 17.1 Å². The van der Waals surface area contributed by atoms with Gasteiger partial charge in [0.15, 0.2) is 16.8 Å². The van der Waals surface area contributed by atoms with Crippen LogP contribution in [-0.2, 0) is 5.75 Å². The second-order valence-corrected chi connectivity index (χ2v) is 7.74. The highest BCUT2D eigenvalue weighted by Crippen LogP contribution is 2.30. The Bertz CT molecular complexity index is 1300. The molecule has 0 bridgehead atoms. The van der Waals surface area contributed by atoms with E-state index in [9.17, 15) is 0 Å². The van der Waals surface area contributed by atoms with Crippen LogP contribution in [0.1, 0.15) is 11.4 Å². The zero-order chi connectivity index (χ0) is 21.0. The van der Waals surface area contributed by atoms with Gasteiger partial charge in [0.1, 0.15) is 0 Å². The Hall–Kier alpha value is -3.85. The molecule has 0 atom stereocenters. The number of hydrogen-bond donors (Lipinski definition) is 0. The Morgan fingerprint density at radius 1 is 0.871 bits per heavy atom. The molecular weight excluding hydrogens is 408 g/mol. The number of pyridine rings is 1. The van der Waals surface area contributed by atoms with Gasteiger partial charge in [0.2, 0.25) is 0 Å². The third kappa shape index (κ3) is 3.82. The molecule has 3 heterocycles. The molecule has 0 saturated carbocycles. The molecule has 8 nitrogen and oxygen atoms in total. The predicted molar refractivity (Wildman–Crippen MR) is 118 cm³/mol. The second kappa shape index (κ2) is 8.49. The summed E-state index contributed by atoms with van der Waals surface area (Å²) in [6.45, 7) is 2.08. The molecule has 0 aliphatic heterocycles. The van der Waals surface area contributed by atoms with Crippen LogP contribution in [0.15, 0.2) is 84.3 Å². The maximum Gasteiger partial charge on any atom is 0.196 e. The van der Waals surface area contributed by atoms with E-state index in [1.807, 2.05) is 54.6 Å². The van der Waals surface area contributed by atoms with Gasteiger partial charge in [-0.25, -0.2) is 0 Å². The molecule has 0 aliphatic carbocycles. The van der Waals surface area contributed by atoms with E-state index in [1.165, 1.54) is 11.8 Å². The van der Waals surface area contributed by atoms with E-state index in [0.29, 0.717) is 5.75 Å². The molecule has 31 heavy (non-hydrogen) atoms. The Balaban J connectivity index is 1.52. The third-order valence-electron chi connectivity index (χ3n) is 4.77. The molecule has 0 unspecified atom stereocenters. The lowest BCUT2D eigenvalue weighted by Gasteiger charge is -2.12. The van der Waals surface area contributed by atoms with E-state index in [0.717, 1.165) is 39.3 Å². The van der Waals surface area contributed by atoms with Gasteiger partial charge in [-0.3, -0.25) is 9.55 Å². The molecule has 5 rings (SSSR count). The van der Waals surface area contributed by atoms with E-state index in [-0.39, 0.29) is 0 Å². The SMILES string of the molecule is Cc1ccccc1-n1c(SCc2nnnn2-c2ccccc2)nnc1-c1cccnc1. The quantitative estimate of drug-likeness (QED) is 0.381. The summed E-state index contributed by atoms with van der Waals surface area (Å²) in [5, 5.41) is 21.9. The molecule has 9 heteroatoms. The number of aryl methyl sites for hydroxylation is 1. The van der Waals surface area contributed by atoms with Gasteiger partial charge in [-0.1, -0.05) is 48.2 Å². The van der Waals surface area contributed by atoms with E-state index < -0.39 is 0 Å². The van der Waals surface area contributed by atoms with Gasteiger partial charge in [-0.15, -0.1) is 15.3 Å². The van der Waals surface area contributed by atoms with Crippen molar-refractivity contribution in [2.45, 2.75) is 17.8 Å². The summed E-state index contributed by atoms with van der Waals surface area (Å²) in [4.78, 5) is 4.24. The fourth-order valence-corrected chi connectivity index (χ4v) is 4.12. The Morgan fingerprint density at radius 2 is 1.71 bits per heavy atom. The van der Waals surface area contributed by atoms with Crippen LogP contribution in [0.25, 0.3) is 22.8 Å². The number of nitrogens with zero attached hydrogens (tertiary/aromatic N) is 8. The van der Waals surface area contributed by atoms with E-state index in [2.05, 4.69) is 54.3 Å². The normalized spacial score (nSPS) is 11.0. The Kier molecular flexibility index (Phi) is 5.24. The third-order valence-corrected chi connectivity index (χ3v) is 5.70. The second-order valence-electron chi connectivity index (χ2n) is 6.80. The molecule has 0 spiro atoms. The molecule has 2 aromatic carbocycles. The number of para-hydroxylation sites is 2. The summed E-state index contributed by atoms with van der Waals surface area (Å²) < 4.78 is 3.80. The summed E-state index contributed by atoms with van der Waals surface area (Å²) in [7, 11) is 0. The monoisotopic (exact) mass is 426 g/mol. The Labute approximate surface area is 183 Å². The first-order valence-electron chi connectivity index (χ1n) is 9.68. The summed E-state index contributed by atoms with van der Waals surface area (Å²) in [5.74, 6) is 2.02. The van der Waals surface area contributed by atoms with Crippen LogP contribution in [0.5, 0.6) is 0 Å². The van der Waals surface area contributed by atoms with Crippen molar-refractivity contribution >= 4 is 11.8 Å². The zero-order valence-electron chi connectivity index (χ0n) is 16.7. The van der Waals surface area contributed by atoms with Crippen LogP contribution in [0.3, 0.4) is 0 Å². The minimum absolute atomic E-state index is 0.541. The number of rotatable bonds is 6. The van der Waals surface area contributed by atoms with Crippen molar-refractivity contribution < 1.29 is 0 Å². The first-order valence-corrected chi connectivity index (χ1v) is 10.7. The van der Waals surface area contributed by atoms with Crippen LogP contribution in [0.2, 0.25) is 0 Å². The fourth-order valence-electron chi connectivity index (χ4n) is 3.27. The minimum Gasteiger partial charge on any atom is -0.270 e. The van der Waals surface area contributed by atoms with Gasteiger partial charge in [-0.2, -0.15) is 4.68 Å². The largest absolute Gasteiger partial charge is 0.270 e. The molecule has 0 radical (unpaired) electrons. The van der Waals surface area contributed by atoms with Crippen molar-refractivity contribution in [2.24, 2.45) is 0 Å². The lowest BCUT2D eigenvalue weighted by Crippen LogP contribution is -2.04. The average molecular weight is 427 g/mol. The number of benzene rings is 2. The zero-order valence-corrected chi connectivity index (χ0v) is 17.5. The predicted octanol–water partition coefficient (Wildman–Crippen LogP) is 3.91. The lowest BCUT2D eigenvalue weighted by molar-refractivity contribution is 0.777. The summed E-state index contributed by atoms with van der Waals surface area (Å²) in [6.07, 6.45) is 3.54. The van der Waals surface area contributed by atoms with E-state index in [4.69, 9.17) is 0 Å². The van der Waals surface area contributed by atoms with Gasteiger partial charge < -0.3 is 0 Å². The first kappa shape index (κ1) is 19.1. The molecule has 3 aromatic heterocycles. The van der Waals surface area contributed by atoms with Crippen molar-refractivity contribution in [1.29, 1.82) is 0 Å². The molecule has 0 saturated heterocycles. The lowest BCUT2D eigenvalue weighted by atomic mass is 10.2. The smallest absolute Gasteiger partial charge is 0.196 e. The minimum atomic E-state index is 0.541. The fraction of sp³-hybridized carbons (Fsp3) is 0.0909. The van der Waals surface area contributed by atoms with Crippen molar-refractivity contribution in [2.75, 3.05) is 0 Å². The first-order chi connectivity index (χ1) is 15.3. The van der Waals surface area contributed by atoms with Crippen LogP contribution in [-0.4, -0.2) is 40.0 Å². The van der Waals surface area contributed by atoms with Gasteiger partial charge in [0.05, 0.1) is 17.1 Å². The molecular formula is C22H18N8S. The Morgan fingerprint density at radius 3 is 2.52 bits per heavy atom. The van der Waals surface area contributed by atoms with E-state index >= 15 is 0 Å².